The molecule has 0 heterocycles. The first-order chi connectivity index (χ1) is 9.44. The van der Waals surface area contributed by atoms with E-state index in [4.69, 9.17) is 9.47 Å². The average molecular weight is 303 g/mol. The highest BCUT2D eigenvalue weighted by Crippen LogP contribution is 2.29. The fourth-order valence-corrected chi connectivity index (χ4v) is 2.77. The molecular formula is C12H17NO6S. The van der Waals surface area contributed by atoms with Crippen LogP contribution in [0.4, 0.5) is 0 Å². The van der Waals surface area contributed by atoms with E-state index in [9.17, 15) is 13.2 Å². The summed E-state index contributed by atoms with van der Waals surface area (Å²) in [6.45, 7) is 0. The number of rotatable bonds is 7. The van der Waals surface area contributed by atoms with Crippen molar-refractivity contribution in [2.24, 2.45) is 0 Å². The van der Waals surface area contributed by atoms with Gasteiger partial charge in [-0.15, -0.1) is 0 Å². The molecule has 0 aromatic heterocycles. The van der Waals surface area contributed by atoms with Gasteiger partial charge < -0.3 is 9.47 Å². The minimum Gasteiger partial charge on any atom is -0.493 e. The maximum atomic E-state index is 12.1. The summed E-state index contributed by atoms with van der Waals surface area (Å²) in [6.07, 6.45) is -0.190. The van der Waals surface area contributed by atoms with Crippen molar-refractivity contribution in [3.8, 4) is 11.5 Å². The van der Waals surface area contributed by atoms with E-state index in [1.54, 1.807) is 0 Å². The Labute approximate surface area is 117 Å². The molecule has 1 aromatic rings. The Morgan fingerprint density at radius 2 is 1.80 bits per heavy atom. The summed E-state index contributed by atoms with van der Waals surface area (Å²) < 4.78 is 34.3. The van der Waals surface area contributed by atoms with E-state index in [2.05, 4.69) is 10.3 Å². The zero-order valence-electron chi connectivity index (χ0n) is 11.5. The van der Waals surface area contributed by atoms with Crippen LogP contribution in [-0.4, -0.2) is 41.4 Å². The lowest BCUT2D eigenvalue weighted by molar-refractivity contribution is -0.130. The summed E-state index contributed by atoms with van der Waals surface area (Å²) in [5.74, 6) is -0.0763. The van der Waals surface area contributed by atoms with Crippen LogP contribution >= 0.6 is 0 Å². The van der Waals surface area contributed by atoms with E-state index in [0.29, 0.717) is 11.5 Å². The van der Waals surface area contributed by atoms with Gasteiger partial charge in [0.05, 0.1) is 32.0 Å². The highest BCUT2D eigenvalue weighted by atomic mass is 32.2. The number of amides is 1. The molecule has 8 heteroatoms. The molecule has 0 atom stereocenters. The van der Waals surface area contributed by atoms with Crippen LogP contribution in [0.3, 0.4) is 0 Å². The largest absolute Gasteiger partial charge is 0.493 e. The number of benzene rings is 1. The van der Waals surface area contributed by atoms with Crippen LogP contribution in [0, 0.1) is 0 Å². The Hall–Kier alpha value is -1.80. The number of methoxy groups -OCH3 is 2. The highest BCUT2D eigenvalue weighted by Gasteiger charge is 2.18. The molecule has 1 amide bonds. The van der Waals surface area contributed by atoms with Crippen molar-refractivity contribution in [3.63, 3.8) is 0 Å². The van der Waals surface area contributed by atoms with Crippen molar-refractivity contribution in [3.05, 3.63) is 18.2 Å². The molecule has 0 saturated carbocycles. The number of hydroxylamine groups is 1. The Bertz CT molecular complexity index is 569. The summed E-state index contributed by atoms with van der Waals surface area (Å²) in [6, 6.07) is 4.27. The second-order valence-electron chi connectivity index (χ2n) is 3.82. The fourth-order valence-electron chi connectivity index (χ4n) is 1.52. The molecule has 7 nitrogen and oxygen atoms in total. The maximum absolute atomic E-state index is 12.1. The van der Waals surface area contributed by atoms with Crippen molar-refractivity contribution in [1.29, 1.82) is 0 Å². The van der Waals surface area contributed by atoms with E-state index in [1.807, 2.05) is 0 Å². The van der Waals surface area contributed by atoms with Crippen LogP contribution in [0.25, 0.3) is 0 Å². The van der Waals surface area contributed by atoms with E-state index >= 15 is 0 Å². The monoisotopic (exact) mass is 303 g/mol. The van der Waals surface area contributed by atoms with E-state index < -0.39 is 15.7 Å². The van der Waals surface area contributed by atoms with Crippen LogP contribution in [0.15, 0.2) is 23.1 Å². The maximum Gasteiger partial charge on any atom is 0.244 e. The highest BCUT2D eigenvalue weighted by molar-refractivity contribution is 7.91. The lowest BCUT2D eigenvalue weighted by atomic mass is 10.3. The van der Waals surface area contributed by atoms with E-state index in [-0.39, 0.29) is 17.1 Å². The molecule has 0 unspecified atom stereocenters. The molecule has 112 valence electrons. The second kappa shape index (κ2) is 7.11. The zero-order chi connectivity index (χ0) is 15.2. The fraction of sp³-hybridized carbons (Fsp3) is 0.417. The van der Waals surface area contributed by atoms with Crippen molar-refractivity contribution in [2.75, 3.05) is 27.1 Å². The Kier molecular flexibility index (Phi) is 5.78. The van der Waals surface area contributed by atoms with Crippen LogP contribution in [0.2, 0.25) is 0 Å². The summed E-state index contributed by atoms with van der Waals surface area (Å²) in [5, 5.41) is 0. The Balaban J connectivity index is 2.90. The molecule has 0 radical (unpaired) electrons. The molecule has 0 aliphatic carbocycles. The number of carbonyl (C=O) groups is 1. The third kappa shape index (κ3) is 4.10. The standard InChI is InChI=1S/C12H17NO6S/c1-17-10-5-4-9(8-11(10)18-2)20(15,16)7-6-12(14)13-19-3/h4-5,8H,6-7H2,1-3H3,(H,13,14). The first kappa shape index (κ1) is 16.3. The lowest BCUT2D eigenvalue weighted by Crippen LogP contribution is -2.24. The van der Waals surface area contributed by atoms with Crippen molar-refractivity contribution < 1.29 is 27.5 Å². The molecule has 0 bridgehead atoms. The van der Waals surface area contributed by atoms with Gasteiger partial charge in [0.2, 0.25) is 5.91 Å². The first-order valence-corrected chi connectivity index (χ1v) is 7.36. The van der Waals surface area contributed by atoms with Crippen molar-refractivity contribution in [2.45, 2.75) is 11.3 Å². The Morgan fingerprint density at radius 1 is 1.15 bits per heavy atom. The molecule has 1 rings (SSSR count). The van der Waals surface area contributed by atoms with Gasteiger partial charge in [0, 0.05) is 12.5 Å². The van der Waals surface area contributed by atoms with Crippen LogP contribution < -0.4 is 15.0 Å². The van der Waals surface area contributed by atoms with E-state index in [0.717, 1.165) is 0 Å². The molecular weight excluding hydrogens is 286 g/mol. The number of hydrogen-bond acceptors (Lipinski definition) is 6. The predicted molar refractivity (Wildman–Crippen MR) is 71.4 cm³/mol. The van der Waals surface area contributed by atoms with Gasteiger partial charge in [-0.3, -0.25) is 9.63 Å². The third-order valence-electron chi connectivity index (χ3n) is 2.53. The first-order valence-electron chi connectivity index (χ1n) is 5.71. The van der Waals surface area contributed by atoms with Gasteiger partial charge in [0.1, 0.15) is 0 Å². The quantitative estimate of drug-likeness (QED) is 0.740. The van der Waals surface area contributed by atoms with Gasteiger partial charge in [0.15, 0.2) is 21.3 Å². The van der Waals surface area contributed by atoms with E-state index in [1.165, 1.54) is 39.5 Å². The number of hydrogen-bond donors (Lipinski definition) is 1. The minimum absolute atomic E-state index is 0.0698. The molecule has 0 saturated heterocycles. The van der Waals surface area contributed by atoms with Crippen molar-refractivity contribution in [1.82, 2.24) is 5.48 Å². The summed E-state index contributed by atoms with van der Waals surface area (Å²) in [5.41, 5.74) is 2.06. The van der Waals surface area contributed by atoms with Gasteiger partial charge in [-0.25, -0.2) is 13.9 Å². The normalized spacial score (nSPS) is 10.9. The predicted octanol–water partition coefficient (Wildman–Crippen LogP) is 0.545. The average Bonchev–Trinajstić information content (AvgIpc) is 2.44. The molecule has 1 N–H and O–H groups in total. The van der Waals surface area contributed by atoms with Gasteiger partial charge in [-0.2, -0.15) is 0 Å². The van der Waals surface area contributed by atoms with Crippen molar-refractivity contribution >= 4 is 15.7 Å². The number of ether oxygens (including phenoxy) is 2. The van der Waals surface area contributed by atoms with Gasteiger partial charge in [-0.05, 0) is 12.1 Å². The number of carbonyl (C=O) groups excluding carboxylic acids is 1. The molecule has 1 aromatic carbocycles. The second-order valence-corrected chi connectivity index (χ2v) is 5.92. The van der Waals surface area contributed by atoms with Gasteiger partial charge >= 0.3 is 0 Å². The van der Waals surface area contributed by atoms with Crippen LogP contribution in [0.5, 0.6) is 11.5 Å². The van der Waals surface area contributed by atoms with Gasteiger partial charge in [-0.1, -0.05) is 0 Å². The summed E-state index contributed by atoms with van der Waals surface area (Å²) in [4.78, 5) is 15.7. The zero-order valence-corrected chi connectivity index (χ0v) is 12.3. The molecule has 0 fully saturated rings. The summed E-state index contributed by atoms with van der Waals surface area (Å²) in [7, 11) is 0.572. The van der Waals surface area contributed by atoms with Crippen LogP contribution in [0.1, 0.15) is 6.42 Å². The number of nitrogens with one attached hydrogen (secondary N) is 1. The molecule has 20 heavy (non-hydrogen) atoms. The lowest BCUT2D eigenvalue weighted by Gasteiger charge is -2.10. The topological polar surface area (TPSA) is 90.9 Å². The molecule has 0 aliphatic heterocycles. The van der Waals surface area contributed by atoms with Crippen LogP contribution in [-0.2, 0) is 19.5 Å². The molecule has 0 spiro atoms. The minimum atomic E-state index is -3.58. The number of sulfone groups is 1. The molecule has 0 aliphatic rings. The smallest absolute Gasteiger partial charge is 0.244 e. The SMILES string of the molecule is CONC(=O)CCS(=O)(=O)c1ccc(OC)c(OC)c1. The summed E-state index contributed by atoms with van der Waals surface area (Å²) >= 11 is 0. The third-order valence-corrected chi connectivity index (χ3v) is 4.24. The Morgan fingerprint density at radius 3 is 2.35 bits per heavy atom. The van der Waals surface area contributed by atoms with Gasteiger partial charge in [0.25, 0.3) is 0 Å².